The van der Waals surface area contributed by atoms with E-state index < -0.39 is 15.9 Å². The van der Waals surface area contributed by atoms with E-state index in [1.165, 1.54) is 6.07 Å². The molecule has 0 amide bonds. The van der Waals surface area contributed by atoms with E-state index in [1.807, 2.05) is 19.9 Å². The van der Waals surface area contributed by atoms with Crippen LogP contribution in [-0.4, -0.2) is 46.1 Å². The Bertz CT molecular complexity index is 1130. The molecule has 2 aliphatic rings. The van der Waals surface area contributed by atoms with E-state index >= 15 is 0 Å². The van der Waals surface area contributed by atoms with Crippen LogP contribution < -0.4 is 10.0 Å². The summed E-state index contributed by atoms with van der Waals surface area (Å²) < 4.78 is 38.5. The molecule has 8 nitrogen and oxygen atoms in total. The SMILES string of the molecule is CC[C@H](C)[C@@H]1C=CC2=C(CNc3cc(F)nc(C#N)c3)C(=O)CN(C)C=C2S(=N)(=O)N1. The van der Waals surface area contributed by atoms with Gasteiger partial charge in [0.05, 0.1) is 11.4 Å². The van der Waals surface area contributed by atoms with Gasteiger partial charge in [-0.25, -0.2) is 18.7 Å². The second-order valence-corrected chi connectivity index (χ2v) is 9.49. The number of fused-ring (bicyclic) bond motifs is 1. The number of Topliss-reactive ketones (excluding diaryl/α,β-unsaturated/α-hetero) is 1. The highest BCUT2D eigenvalue weighted by molar-refractivity contribution is 7.94. The zero-order valence-electron chi connectivity index (χ0n) is 17.6. The average Bonchev–Trinajstić information content (AvgIpc) is 2.91. The van der Waals surface area contributed by atoms with Crippen LogP contribution in [0.3, 0.4) is 0 Å². The van der Waals surface area contributed by atoms with Crippen molar-refractivity contribution in [3.8, 4) is 6.07 Å². The Morgan fingerprint density at radius 1 is 1.52 bits per heavy atom. The van der Waals surface area contributed by atoms with Gasteiger partial charge in [0.15, 0.2) is 5.78 Å². The van der Waals surface area contributed by atoms with Gasteiger partial charge in [-0.2, -0.15) is 9.65 Å². The third kappa shape index (κ3) is 5.00. The van der Waals surface area contributed by atoms with Gasteiger partial charge in [0.25, 0.3) is 0 Å². The Labute approximate surface area is 181 Å². The third-order valence-electron chi connectivity index (χ3n) is 5.37. The highest BCUT2D eigenvalue weighted by atomic mass is 32.2. The number of likely N-dealkylation sites (N-methyl/N-ethyl adjacent to an activating group) is 1. The number of nitrogens with one attached hydrogen (secondary N) is 3. The molecule has 0 aliphatic carbocycles. The van der Waals surface area contributed by atoms with E-state index in [9.17, 15) is 13.4 Å². The van der Waals surface area contributed by atoms with Gasteiger partial charge in [0.2, 0.25) is 5.95 Å². The number of allylic oxidation sites excluding steroid dienone is 2. The van der Waals surface area contributed by atoms with Crippen molar-refractivity contribution in [3.05, 3.63) is 58.2 Å². The van der Waals surface area contributed by atoms with Gasteiger partial charge >= 0.3 is 0 Å². The Hall–Kier alpha value is -3.03. The predicted molar refractivity (Wildman–Crippen MR) is 117 cm³/mol. The third-order valence-corrected chi connectivity index (χ3v) is 6.92. The standard InChI is InChI=1S/C21H25FN6O2S/c1-4-13(2)18-6-5-16-17(10-25-14-7-15(9-23)26-21(22)8-14)19(29)11-28(3)12-20(16)31(24,30)27-18/h5-8,12-13,18H,4,10-11H2,1-3H3,(H,25,26)(H2,24,27,30)/t13-,18-,31?/m0/s1. The quantitative estimate of drug-likeness (QED) is 0.600. The van der Waals surface area contributed by atoms with Crippen molar-refractivity contribution in [2.24, 2.45) is 5.92 Å². The molecule has 3 atom stereocenters. The number of ketones is 1. The lowest BCUT2D eigenvalue weighted by molar-refractivity contribution is -0.115. The van der Waals surface area contributed by atoms with Gasteiger partial charge in [-0.3, -0.25) is 4.79 Å². The lowest BCUT2D eigenvalue weighted by Gasteiger charge is -2.21. The van der Waals surface area contributed by atoms with Crippen LogP contribution in [0.5, 0.6) is 0 Å². The number of rotatable bonds is 5. The van der Waals surface area contributed by atoms with Gasteiger partial charge in [-0.15, -0.1) is 0 Å². The maximum atomic E-state index is 13.7. The van der Waals surface area contributed by atoms with E-state index in [0.717, 1.165) is 12.5 Å². The second kappa shape index (κ2) is 8.99. The maximum Gasteiger partial charge on any atom is 0.216 e. The molecule has 164 valence electrons. The molecule has 31 heavy (non-hydrogen) atoms. The number of halogens is 1. The Morgan fingerprint density at radius 2 is 2.26 bits per heavy atom. The molecule has 0 bridgehead atoms. The number of anilines is 1. The number of nitrogens with zero attached hydrogens (tertiary/aromatic N) is 3. The Balaban J connectivity index is 2.06. The Kier molecular flexibility index (Phi) is 6.57. The largest absolute Gasteiger partial charge is 0.381 e. The summed E-state index contributed by atoms with van der Waals surface area (Å²) in [7, 11) is -1.69. The van der Waals surface area contributed by atoms with Crippen molar-refractivity contribution < 1.29 is 13.4 Å². The second-order valence-electron chi connectivity index (χ2n) is 7.70. The van der Waals surface area contributed by atoms with Crippen LogP contribution in [0.25, 0.3) is 0 Å². The van der Waals surface area contributed by atoms with Crippen molar-refractivity contribution in [2.75, 3.05) is 25.5 Å². The number of aromatic nitrogens is 1. The van der Waals surface area contributed by atoms with Gasteiger partial charge < -0.3 is 10.2 Å². The lowest BCUT2D eigenvalue weighted by atomic mass is 9.97. The van der Waals surface area contributed by atoms with Crippen molar-refractivity contribution >= 4 is 21.4 Å². The first-order valence-corrected chi connectivity index (χ1v) is 11.4. The zero-order valence-corrected chi connectivity index (χ0v) is 18.4. The first-order valence-electron chi connectivity index (χ1n) is 9.89. The number of hydrogen-bond donors (Lipinski definition) is 3. The fourth-order valence-corrected chi connectivity index (χ4v) is 5.09. The highest BCUT2D eigenvalue weighted by Gasteiger charge is 2.31. The number of pyridine rings is 1. The smallest absolute Gasteiger partial charge is 0.216 e. The molecular formula is C21H25FN6O2S. The first kappa shape index (κ1) is 22.7. The molecule has 3 N–H and O–H groups in total. The minimum Gasteiger partial charge on any atom is -0.381 e. The molecule has 0 saturated carbocycles. The van der Waals surface area contributed by atoms with E-state index in [4.69, 9.17) is 10.0 Å². The molecule has 0 radical (unpaired) electrons. The van der Waals surface area contributed by atoms with Crippen LogP contribution in [0.2, 0.25) is 0 Å². The molecule has 1 aromatic heterocycles. The summed E-state index contributed by atoms with van der Waals surface area (Å²) in [6.07, 6.45) is 6.00. The van der Waals surface area contributed by atoms with Crippen LogP contribution in [0.4, 0.5) is 10.1 Å². The number of carbonyl (C=O) groups excluding carboxylic acids is 1. The zero-order chi connectivity index (χ0) is 22.8. The van der Waals surface area contributed by atoms with E-state index in [-0.39, 0.29) is 41.4 Å². The van der Waals surface area contributed by atoms with Crippen LogP contribution in [0.1, 0.15) is 26.0 Å². The molecule has 3 rings (SSSR count). The van der Waals surface area contributed by atoms with Gasteiger partial charge in [-0.05, 0) is 12.0 Å². The summed E-state index contributed by atoms with van der Waals surface area (Å²) in [5.74, 6) is -0.867. The molecule has 10 heteroatoms. The van der Waals surface area contributed by atoms with Gasteiger partial charge in [-0.1, -0.05) is 32.4 Å². The minimum absolute atomic E-state index is 0.0154. The summed E-state index contributed by atoms with van der Waals surface area (Å²) in [5, 5.41) is 12.0. The average molecular weight is 445 g/mol. The molecule has 1 aromatic rings. The molecular weight excluding hydrogens is 419 g/mol. The number of carbonyl (C=O) groups is 1. The first-order chi connectivity index (χ1) is 14.6. The van der Waals surface area contributed by atoms with E-state index in [0.29, 0.717) is 16.8 Å². The molecule has 2 aliphatic heterocycles. The topological polar surface area (TPSA) is 122 Å². The maximum absolute atomic E-state index is 13.7. The summed E-state index contributed by atoms with van der Waals surface area (Å²) in [6.45, 7) is 4.09. The summed E-state index contributed by atoms with van der Waals surface area (Å²) in [5.41, 5.74) is 0.981. The molecule has 0 saturated heterocycles. The van der Waals surface area contributed by atoms with Crippen molar-refractivity contribution in [3.63, 3.8) is 0 Å². The predicted octanol–water partition coefficient (Wildman–Crippen LogP) is 2.69. The van der Waals surface area contributed by atoms with Gasteiger partial charge in [0, 0.05) is 48.7 Å². The fourth-order valence-electron chi connectivity index (χ4n) is 3.44. The van der Waals surface area contributed by atoms with Gasteiger partial charge in [0.1, 0.15) is 21.7 Å². The van der Waals surface area contributed by atoms with E-state index in [1.54, 1.807) is 30.3 Å². The van der Waals surface area contributed by atoms with E-state index in [2.05, 4.69) is 15.0 Å². The molecule has 1 unspecified atom stereocenters. The molecule has 0 aromatic carbocycles. The van der Waals surface area contributed by atoms with Crippen LogP contribution in [-0.2, 0) is 14.7 Å². The highest BCUT2D eigenvalue weighted by Crippen LogP contribution is 2.30. The minimum atomic E-state index is -3.38. The summed E-state index contributed by atoms with van der Waals surface area (Å²) in [6, 6.07) is 4.02. The Morgan fingerprint density at radius 3 is 2.94 bits per heavy atom. The molecule has 0 fully saturated rings. The monoisotopic (exact) mass is 444 g/mol. The molecule has 0 spiro atoms. The van der Waals surface area contributed by atoms with Crippen molar-refractivity contribution in [2.45, 2.75) is 26.3 Å². The molecule has 3 heterocycles. The number of hydrogen-bond acceptors (Lipinski definition) is 7. The normalized spacial score (nSPS) is 24.6. The summed E-state index contributed by atoms with van der Waals surface area (Å²) >= 11 is 0. The lowest BCUT2D eigenvalue weighted by Crippen LogP contribution is -2.37. The van der Waals surface area contributed by atoms with Crippen molar-refractivity contribution in [1.29, 1.82) is 10.0 Å². The van der Waals surface area contributed by atoms with Crippen LogP contribution >= 0.6 is 0 Å². The summed E-state index contributed by atoms with van der Waals surface area (Å²) in [4.78, 5) is 18.3. The fraction of sp³-hybridized carbons (Fsp3) is 0.381. The van der Waals surface area contributed by atoms with Crippen LogP contribution in [0.15, 0.2) is 46.5 Å². The van der Waals surface area contributed by atoms with Crippen molar-refractivity contribution in [1.82, 2.24) is 14.6 Å². The number of nitriles is 1. The van der Waals surface area contributed by atoms with Crippen LogP contribution in [0, 0.1) is 28.0 Å².